The van der Waals surface area contributed by atoms with Gasteiger partial charge in [0.05, 0.1) is 11.7 Å². The second-order valence-corrected chi connectivity index (χ2v) is 6.76. The highest BCUT2D eigenvalue weighted by Crippen LogP contribution is 2.26. The number of amides is 2. The van der Waals surface area contributed by atoms with Crippen LogP contribution in [-0.4, -0.2) is 16.8 Å². The number of nitrogens with one attached hydrogen (secondary N) is 2. The molecule has 5 nitrogen and oxygen atoms in total. The van der Waals surface area contributed by atoms with Gasteiger partial charge >= 0.3 is 0 Å². The van der Waals surface area contributed by atoms with Crippen molar-refractivity contribution in [3.8, 4) is 11.3 Å². The Morgan fingerprint density at radius 1 is 1.04 bits per heavy atom. The van der Waals surface area contributed by atoms with Crippen LogP contribution in [0.4, 0.5) is 5.13 Å². The molecule has 0 bridgehead atoms. The average molecular weight is 365 g/mol. The molecule has 0 aliphatic rings. The van der Waals surface area contributed by atoms with Gasteiger partial charge in [0.2, 0.25) is 5.91 Å². The van der Waals surface area contributed by atoms with Gasteiger partial charge in [-0.3, -0.25) is 14.9 Å². The molecule has 3 rings (SSSR count). The van der Waals surface area contributed by atoms with Gasteiger partial charge in [-0.2, -0.15) is 0 Å². The van der Waals surface area contributed by atoms with Crippen molar-refractivity contribution in [3.05, 3.63) is 71.1 Å². The molecule has 6 heteroatoms. The smallest absolute Gasteiger partial charge is 0.257 e. The van der Waals surface area contributed by atoms with E-state index >= 15 is 0 Å². The summed E-state index contributed by atoms with van der Waals surface area (Å²) in [6.07, 6.45) is 0. The van der Waals surface area contributed by atoms with Crippen molar-refractivity contribution in [2.45, 2.75) is 19.9 Å². The fourth-order valence-corrected chi connectivity index (χ4v) is 3.27. The minimum atomic E-state index is -0.175. The van der Waals surface area contributed by atoms with Crippen molar-refractivity contribution in [3.63, 3.8) is 0 Å². The number of carbonyl (C=O) groups excluding carboxylic acids is 2. The number of anilines is 1. The maximum absolute atomic E-state index is 12.2. The SMILES string of the molecule is CC(=O)N[C@@H](C)c1ccc(-c2csc(NC(=O)c3ccccc3)n2)cc1. The fraction of sp³-hybridized carbons (Fsp3) is 0.150. The number of hydrogen-bond donors (Lipinski definition) is 2. The Balaban J connectivity index is 1.69. The largest absolute Gasteiger partial charge is 0.350 e. The van der Waals surface area contributed by atoms with Gasteiger partial charge in [0, 0.05) is 23.4 Å². The number of nitrogens with zero attached hydrogens (tertiary/aromatic N) is 1. The van der Waals surface area contributed by atoms with Crippen molar-refractivity contribution in [2.75, 3.05) is 5.32 Å². The van der Waals surface area contributed by atoms with Crippen LogP contribution in [-0.2, 0) is 4.79 Å². The maximum Gasteiger partial charge on any atom is 0.257 e. The highest BCUT2D eigenvalue weighted by Gasteiger charge is 2.11. The zero-order valence-electron chi connectivity index (χ0n) is 14.5. The van der Waals surface area contributed by atoms with E-state index < -0.39 is 0 Å². The molecule has 26 heavy (non-hydrogen) atoms. The lowest BCUT2D eigenvalue weighted by atomic mass is 10.1. The number of carbonyl (C=O) groups is 2. The van der Waals surface area contributed by atoms with E-state index in [0.29, 0.717) is 10.7 Å². The van der Waals surface area contributed by atoms with Crippen LogP contribution >= 0.6 is 11.3 Å². The molecule has 2 N–H and O–H groups in total. The average Bonchev–Trinajstić information content (AvgIpc) is 3.10. The first kappa shape index (κ1) is 17.8. The fourth-order valence-electron chi connectivity index (χ4n) is 2.55. The summed E-state index contributed by atoms with van der Waals surface area (Å²) >= 11 is 1.39. The third-order valence-corrected chi connectivity index (χ3v) is 4.64. The van der Waals surface area contributed by atoms with Crippen LogP contribution in [0, 0.1) is 0 Å². The van der Waals surface area contributed by atoms with E-state index in [2.05, 4.69) is 15.6 Å². The Bertz CT molecular complexity index is 904. The molecule has 2 amide bonds. The molecule has 0 radical (unpaired) electrons. The molecule has 1 heterocycles. The highest BCUT2D eigenvalue weighted by atomic mass is 32.1. The van der Waals surface area contributed by atoms with E-state index in [0.717, 1.165) is 16.8 Å². The van der Waals surface area contributed by atoms with Crippen molar-refractivity contribution in [2.24, 2.45) is 0 Å². The van der Waals surface area contributed by atoms with Crippen LogP contribution in [0.1, 0.15) is 35.8 Å². The Kier molecular flexibility index (Phi) is 5.43. The molecular formula is C20H19N3O2S. The van der Waals surface area contributed by atoms with Gasteiger partial charge in [0.25, 0.3) is 5.91 Å². The summed E-state index contributed by atoms with van der Waals surface area (Å²) < 4.78 is 0. The van der Waals surface area contributed by atoms with Crippen molar-refractivity contribution in [1.29, 1.82) is 0 Å². The second kappa shape index (κ2) is 7.93. The standard InChI is InChI=1S/C20H19N3O2S/c1-13(21-14(2)24)15-8-10-16(11-9-15)18-12-26-20(22-18)23-19(25)17-6-4-3-5-7-17/h3-13H,1-2H3,(H,21,24)(H,22,23,25)/t13-/m0/s1. The van der Waals surface area contributed by atoms with Crippen molar-refractivity contribution in [1.82, 2.24) is 10.3 Å². The number of thiazole rings is 1. The minimum absolute atomic E-state index is 0.0438. The van der Waals surface area contributed by atoms with Crippen LogP contribution in [0.25, 0.3) is 11.3 Å². The number of hydrogen-bond acceptors (Lipinski definition) is 4. The summed E-state index contributed by atoms with van der Waals surface area (Å²) in [7, 11) is 0. The van der Waals surface area contributed by atoms with Gasteiger partial charge in [-0.05, 0) is 24.6 Å². The van der Waals surface area contributed by atoms with Crippen LogP contribution in [0.2, 0.25) is 0 Å². The minimum Gasteiger partial charge on any atom is -0.350 e. The van der Waals surface area contributed by atoms with Crippen molar-refractivity contribution < 1.29 is 9.59 Å². The van der Waals surface area contributed by atoms with E-state index in [4.69, 9.17) is 0 Å². The predicted molar refractivity (Wildman–Crippen MR) is 104 cm³/mol. The van der Waals surface area contributed by atoms with E-state index in [-0.39, 0.29) is 17.9 Å². The number of rotatable bonds is 5. The zero-order chi connectivity index (χ0) is 18.5. The van der Waals surface area contributed by atoms with E-state index in [1.807, 2.05) is 54.8 Å². The molecule has 0 aliphatic heterocycles. The van der Waals surface area contributed by atoms with Gasteiger partial charge < -0.3 is 5.32 Å². The van der Waals surface area contributed by atoms with Gasteiger partial charge in [0.1, 0.15) is 0 Å². The summed E-state index contributed by atoms with van der Waals surface area (Å²) in [6.45, 7) is 3.45. The topological polar surface area (TPSA) is 71.1 Å². The molecule has 0 aliphatic carbocycles. The Hall–Kier alpha value is -2.99. The van der Waals surface area contributed by atoms with Crippen LogP contribution in [0.3, 0.4) is 0 Å². The Morgan fingerprint density at radius 3 is 2.38 bits per heavy atom. The number of benzene rings is 2. The Morgan fingerprint density at radius 2 is 1.73 bits per heavy atom. The normalized spacial score (nSPS) is 11.6. The molecule has 0 saturated carbocycles. The summed E-state index contributed by atoms with van der Waals surface area (Å²) in [4.78, 5) is 27.8. The third-order valence-electron chi connectivity index (χ3n) is 3.89. The highest BCUT2D eigenvalue weighted by molar-refractivity contribution is 7.14. The Labute approximate surface area is 156 Å². The number of aromatic nitrogens is 1. The van der Waals surface area contributed by atoms with Gasteiger partial charge in [-0.15, -0.1) is 11.3 Å². The summed E-state index contributed by atoms with van der Waals surface area (Å²) in [5.41, 5.74) is 3.38. The first-order chi connectivity index (χ1) is 12.5. The quantitative estimate of drug-likeness (QED) is 0.710. The van der Waals surface area contributed by atoms with Crippen LogP contribution in [0.15, 0.2) is 60.0 Å². The third kappa shape index (κ3) is 4.34. The monoisotopic (exact) mass is 365 g/mol. The van der Waals surface area contributed by atoms with E-state index in [1.165, 1.54) is 18.3 Å². The first-order valence-corrected chi connectivity index (χ1v) is 9.10. The molecule has 1 atom stereocenters. The van der Waals surface area contributed by atoms with E-state index in [9.17, 15) is 9.59 Å². The maximum atomic E-state index is 12.2. The van der Waals surface area contributed by atoms with Gasteiger partial charge in [0.15, 0.2) is 5.13 Å². The molecule has 0 fully saturated rings. The molecule has 0 saturated heterocycles. The summed E-state index contributed by atoms with van der Waals surface area (Å²) in [5.74, 6) is -0.231. The lowest BCUT2D eigenvalue weighted by Gasteiger charge is -2.13. The molecule has 1 aromatic heterocycles. The van der Waals surface area contributed by atoms with Gasteiger partial charge in [-0.1, -0.05) is 42.5 Å². The molecule has 2 aromatic carbocycles. The molecule has 132 valence electrons. The second-order valence-electron chi connectivity index (χ2n) is 5.90. The van der Waals surface area contributed by atoms with Crippen molar-refractivity contribution >= 4 is 28.3 Å². The predicted octanol–water partition coefficient (Wildman–Crippen LogP) is 4.26. The lowest BCUT2D eigenvalue weighted by molar-refractivity contribution is -0.119. The van der Waals surface area contributed by atoms with E-state index in [1.54, 1.807) is 12.1 Å². The first-order valence-electron chi connectivity index (χ1n) is 8.22. The van der Waals surface area contributed by atoms with Gasteiger partial charge in [-0.25, -0.2) is 4.98 Å². The van der Waals surface area contributed by atoms with Crippen LogP contribution in [0.5, 0.6) is 0 Å². The molecule has 3 aromatic rings. The summed E-state index contributed by atoms with van der Waals surface area (Å²) in [6, 6.07) is 16.9. The molecule has 0 spiro atoms. The molecular weight excluding hydrogens is 346 g/mol. The summed E-state index contributed by atoms with van der Waals surface area (Å²) in [5, 5.41) is 8.15. The lowest BCUT2D eigenvalue weighted by Crippen LogP contribution is -2.23. The molecule has 0 unspecified atom stereocenters. The van der Waals surface area contributed by atoms with Crippen LogP contribution < -0.4 is 10.6 Å². The zero-order valence-corrected chi connectivity index (χ0v) is 15.3.